The predicted octanol–water partition coefficient (Wildman–Crippen LogP) is 1.40. The Hall–Kier alpha value is -2.11. The molecule has 0 radical (unpaired) electrons. The maximum atomic E-state index is 12.4. The van der Waals surface area contributed by atoms with Gasteiger partial charge in [-0.2, -0.15) is 0 Å². The normalized spacial score (nSPS) is 17.6. The van der Waals surface area contributed by atoms with Crippen LogP contribution >= 0.6 is 0 Å². The van der Waals surface area contributed by atoms with Gasteiger partial charge in [0.2, 0.25) is 11.8 Å². The van der Waals surface area contributed by atoms with Gasteiger partial charge in [-0.15, -0.1) is 0 Å². The molecule has 1 fully saturated rings. The molecule has 0 saturated heterocycles. The Labute approximate surface area is 124 Å². The van der Waals surface area contributed by atoms with Crippen LogP contribution in [-0.4, -0.2) is 29.4 Å². The first kappa shape index (κ1) is 15.3. The SMILES string of the molecule is COc1cc(C(=O)NC2(C(N)=O)CCCCCC2)ccn1. The van der Waals surface area contributed by atoms with Crippen LogP contribution < -0.4 is 15.8 Å². The summed E-state index contributed by atoms with van der Waals surface area (Å²) >= 11 is 0. The third kappa shape index (κ3) is 3.51. The Balaban J connectivity index is 2.19. The smallest absolute Gasteiger partial charge is 0.252 e. The Morgan fingerprint density at radius 2 is 1.95 bits per heavy atom. The van der Waals surface area contributed by atoms with E-state index < -0.39 is 11.4 Å². The van der Waals surface area contributed by atoms with Crippen molar-refractivity contribution >= 4 is 11.8 Å². The number of rotatable bonds is 4. The number of hydrogen-bond donors (Lipinski definition) is 2. The first-order valence-electron chi connectivity index (χ1n) is 7.20. The van der Waals surface area contributed by atoms with Crippen LogP contribution in [-0.2, 0) is 4.79 Å². The number of ether oxygens (including phenoxy) is 1. The van der Waals surface area contributed by atoms with Gasteiger partial charge in [-0.3, -0.25) is 9.59 Å². The fourth-order valence-electron chi connectivity index (χ4n) is 2.72. The second-order valence-electron chi connectivity index (χ2n) is 5.40. The molecule has 2 amide bonds. The molecule has 0 spiro atoms. The lowest BCUT2D eigenvalue weighted by molar-refractivity contribution is -0.124. The molecular weight excluding hydrogens is 270 g/mol. The maximum absolute atomic E-state index is 12.4. The van der Waals surface area contributed by atoms with Gasteiger partial charge in [0.1, 0.15) is 5.54 Å². The summed E-state index contributed by atoms with van der Waals surface area (Å²) in [5.41, 5.74) is 5.03. The van der Waals surface area contributed by atoms with Crippen molar-refractivity contribution < 1.29 is 14.3 Å². The average molecular weight is 291 g/mol. The third-order valence-electron chi connectivity index (χ3n) is 3.99. The highest BCUT2D eigenvalue weighted by Gasteiger charge is 2.38. The number of amides is 2. The van der Waals surface area contributed by atoms with Gasteiger partial charge in [0.15, 0.2) is 0 Å². The van der Waals surface area contributed by atoms with Gasteiger partial charge in [0.05, 0.1) is 7.11 Å². The summed E-state index contributed by atoms with van der Waals surface area (Å²) in [5.74, 6) is -0.424. The zero-order chi connectivity index (χ0) is 15.3. The van der Waals surface area contributed by atoms with E-state index >= 15 is 0 Å². The molecule has 1 aromatic rings. The fraction of sp³-hybridized carbons (Fsp3) is 0.533. The maximum Gasteiger partial charge on any atom is 0.252 e. The number of nitrogens with zero attached hydrogens (tertiary/aromatic N) is 1. The minimum Gasteiger partial charge on any atom is -0.481 e. The lowest BCUT2D eigenvalue weighted by atomic mass is 9.89. The highest BCUT2D eigenvalue weighted by molar-refractivity contribution is 5.99. The molecule has 0 atom stereocenters. The molecule has 6 heteroatoms. The van der Waals surface area contributed by atoms with Gasteiger partial charge in [-0.1, -0.05) is 25.7 Å². The summed E-state index contributed by atoms with van der Waals surface area (Å²) in [7, 11) is 1.49. The molecule has 21 heavy (non-hydrogen) atoms. The molecule has 1 aliphatic carbocycles. The molecule has 0 bridgehead atoms. The van der Waals surface area contributed by atoms with E-state index in [0.717, 1.165) is 25.7 Å². The van der Waals surface area contributed by atoms with Crippen molar-refractivity contribution in [1.29, 1.82) is 0 Å². The van der Waals surface area contributed by atoms with Crippen molar-refractivity contribution in [2.24, 2.45) is 5.73 Å². The third-order valence-corrected chi connectivity index (χ3v) is 3.99. The van der Waals surface area contributed by atoms with Crippen LogP contribution in [0, 0.1) is 0 Å². The van der Waals surface area contributed by atoms with E-state index in [2.05, 4.69) is 10.3 Å². The number of hydrogen-bond acceptors (Lipinski definition) is 4. The topological polar surface area (TPSA) is 94.3 Å². The molecule has 0 unspecified atom stereocenters. The van der Waals surface area contributed by atoms with Gasteiger partial charge < -0.3 is 15.8 Å². The summed E-state index contributed by atoms with van der Waals surface area (Å²) in [4.78, 5) is 28.3. The van der Waals surface area contributed by atoms with Crippen LogP contribution in [0.2, 0.25) is 0 Å². The monoisotopic (exact) mass is 291 g/mol. The number of pyridine rings is 1. The number of aromatic nitrogens is 1. The lowest BCUT2D eigenvalue weighted by Gasteiger charge is -2.30. The number of methoxy groups -OCH3 is 1. The van der Waals surface area contributed by atoms with Crippen LogP contribution in [0.1, 0.15) is 48.9 Å². The first-order valence-corrected chi connectivity index (χ1v) is 7.20. The van der Waals surface area contributed by atoms with Crippen LogP contribution in [0.4, 0.5) is 0 Å². The quantitative estimate of drug-likeness (QED) is 0.820. The minimum atomic E-state index is -0.940. The van der Waals surface area contributed by atoms with Crippen molar-refractivity contribution in [2.45, 2.75) is 44.1 Å². The number of nitrogens with one attached hydrogen (secondary N) is 1. The standard InChI is InChI=1S/C15H21N3O3/c1-21-12-10-11(6-9-17-12)13(19)18-15(14(16)20)7-4-2-3-5-8-15/h6,9-10H,2-5,7-8H2,1H3,(H2,16,20)(H,18,19). The molecule has 0 aliphatic heterocycles. The molecule has 1 aromatic heterocycles. The van der Waals surface area contributed by atoms with E-state index in [9.17, 15) is 9.59 Å². The molecular formula is C15H21N3O3. The summed E-state index contributed by atoms with van der Waals surface area (Å²) in [6.07, 6.45) is 6.60. The molecule has 6 nitrogen and oxygen atoms in total. The Morgan fingerprint density at radius 1 is 1.29 bits per heavy atom. The molecule has 2 rings (SSSR count). The van der Waals surface area contributed by atoms with Gasteiger partial charge in [0, 0.05) is 17.8 Å². The molecule has 3 N–H and O–H groups in total. The van der Waals surface area contributed by atoms with Crippen LogP contribution in [0.25, 0.3) is 0 Å². The van der Waals surface area contributed by atoms with Crippen LogP contribution in [0.3, 0.4) is 0 Å². The highest BCUT2D eigenvalue weighted by atomic mass is 16.5. The Bertz CT molecular complexity index is 523. The van der Waals surface area contributed by atoms with Crippen molar-refractivity contribution in [3.63, 3.8) is 0 Å². The van der Waals surface area contributed by atoms with E-state index in [1.165, 1.54) is 13.3 Å². The van der Waals surface area contributed by atoms with E-state index in [1.807, 2.05) is 0 Å². The van der Waals surface area contributed by atoms with E-state index in [-0.39, 0.29) is 5.91 Å². The van der Waals surface area contributed by atoms with E-state index in [4.69, 9.17) is 10.5 Å². The molecule has 1 aliphatic rings. The van der Waals surface area contributed by atoms with Crippen LogP contribution in [0.5, 0.6) is 5.88 Å². The van der Waals surface area contributed by atoms with Crippen molar-refractivity contribution in [1.82, 2.24) is 10.3 Å². The highest BCUT2D eigenvalue weighted by Crippen LogP contribution is 2.27. The van der Waals surface area contributed by atoms with Crippen molar-refractivity contribution in [3.05, 3.63) is 23.9 Å². The summed E-state index contributed by atoms with van der Waals surface area (Å²) in [6.45, 7) is 0. The minimum absolute atomic E-state index is 0.323. The molecule has 1 saturated carbocycles. The van der Waals surface area contributed by atoms with Gasteiger partial charge in [0.25, 0.3) is 5.91 Å². The number of carbonyl (C=O) groups excluding carboxylic acids is 2. The molecule has 1 heterocycles. The largest absolute Gasteiger partial charge is 0.481 e. The van der Waals surface area contributed by atoms with Gasteiger partial charge >= 0.3 is 0 Å². The Kier molecular flexibility index (Phi) is 4.77. The molecule has 114 valence electrons. The summed E-state index contributed by atoms with van der Waals surface area (Å²) in [5, 5.41) is 2.84. The van der Waals surface area contributed by atoms with Crippen LogP contribution in [0.15, 0.2) is 18.3 Å². The summed E-state index contributed by atoms with van der Waals surface area (Å²) < 4.78 is 5.00. The number of carbonyl (C=O) groups is 2. The number of primary amides is 1. The van der Waals surface area contributed by atoms with E-state index in [1.54, 1.807) is 12.1 Å². The second-order valence-corrected chi connectivity index (χ2v) is 5.40. The van der Waals surface area contributed by atoms with Crippen molar-refractivity contribution in [2.75, 3.05) is 7.11 Å². The number of nitrogens with two attached hydrogens (primary N) is 1. The van der Waals surface area contributed by atoms with Gasteiger partial charge in [-0.25, -0.2) is 4.98 Å². The first-order chi connectivity index (χ1) is 10.1. The average Bonchev–Trinajstić information content (AvgIpc) is 2.74. The Morgan fingerprint density at radius 3 is 2.52 bits per heavy atom. The zero-order valence-electron chi connectivity index (χ0n) is 12.2. The molecule has 0 aromatic carbocycles. The fourth-order valence-corrected chi connectivity index (χ4v) is 2.72. The zero-order valence-corrected chi connectivity index (χ0v) is 12.2. The van der Waals surface area contributed by atoms with E-state index in [0.29, 0.717) is 24.3 Å². The second kappa shape index (κ2) is 6.56. The van der Waals surface area contributed by atoms with Gasteiger partial charge in [-0.05, 0) is 18.9 Å². The summed E-state index contributed by atoms with van der Waals surface area (Å²) in [6, 6.07) is 3.13. The van der Waals surface area contributed by atoms with Crippen molar-refractivity contribution in [3.8, 4) is 5.88 Å². The predicted molar refractivity (Wildman–Crippen MR) is 77.9 cm³/mol. The lowest BCUT2D eigenvalue weighted by Crippen LogP contribution is -2.57.